The van der Waals surface area contributed by atoms with Crippen LogP contribution in [0.1, 0.15) is 66.2 Å². The summed E-state index contributed by atoms with van der Waals surface area (Å²) in [4.78, 5) is 41.9. The Morgan fingerprint density at radius 2 is 1.79 bits per heavy atom. The van der Waals surface area contributed by atoms with Crippen LogP contribution in [0.25, 0.3) is 0 Å². The maximum Gasteiger partial charge on any atom is 0.318 e. The summed E-state index contributed by atoms with van der Waals surface area (Å²) >= 11 is 0. The van der Waals surface area contributed by atoms with Gasteiger partial charge in [-0.05, 0) is 61.2 Å². The van der Waals surface area contributed by atoms with E-state index in [-0.39, 0.29) is 45.9 Å². The minimum atomic E-state index is -0.376. The summed E-state index contributed by atoms with van der Waals surface area (Å²) in [7, 11) is 0. The van der Waals surface area contributed by atoms with Crippen LogP contribution in [0.4, 0.5) is 0 Å². The molecule has 7 aliphatic rings. The number of hydrogen-bond acceptors (Lipinski definition) is 5. The maximum atomic E-state index is 13.9. The summed E-state index contributed by atoms with van der Waals surface area (Å²) in [5, 5.41) is 0. The lowest BCUT2D eigenvalue weighted by Crippen LogP contribution is -2.66. The number of fused-ring (bicyclic) bond motifs is 1. The van der Waals surface area contributed by atoms with E-state index < -0.39 is 0 Å². The first kappa shape index (κ1) is 22.8. The number of nitrogens with zero attached hydrogens (tertiary/aromatic N) is 1. The lowest BCUT2D eigenvalue weighted by molar-refractivity contribution is -0.193. The fourth-order valence-corrected chi connectivity index (χ4v) is 9.89. The average molecular weight is 470 g/mol. The Morgan fingerprint density at radius 3 is 2.50 bits per heavy atom. The molecule has 6 nitrogen and oxygen atoms in total. The molecule has 0 aromatic heterocycles. The van der Waals surface area contributed by atoms with Crippen LogP contribution in [-0.4, -0.2) is 49.0 Å². The molecule has 6 heteroatoms. The van der Waals surface area contributed by atoms with Gasteiger partial charge in [0.1, 0.15) is 0 Å². The van der Waals surface area contributed by atoms with E-state index in [1.54, 1.807) is 0 Å². The second kappa shape index (κ2) is 7.41. The van der Waals surface area contributed by atoms with E-state index in [0.717, 1.165) is 38.5 Å². The second-order valence-electron chi connectivity index (χ2n) is 12.8. The predicted molar refractivity (Wildman–Crippen MR) is 125 cm³/mol. The van der Waals surface area contributed by atoms with E-state index in [4.69, 9.17) is 9.47 Å². The van der Waals surface area contributed by atoms with Gasteiger partial charge in [0.15, 0.2) is 0 Å². The highest BCUT2D eigenvalue weighted by molar-refractivity contribution is 5.98. The number of allylic oxidation sites excluding steroid dienone is 2. The lowest BCUT2D eigenvalue weighted by Gasteiger charge is -2.68. The number of amides is 1. The van der Waals surface area contributed by atoms with Crippen molar-refractivity contribution in [3.63, 3.8) is 0 Å². The maximum absolute atomic E-state index is 13.9. The number of carbonyl (C=O) groups is 3. The van der Waals surface area contributed by atoms with Crippen LogP contribution in [0.3, 0.4) is 0 Å². The first-order chi connectivity index (χ1) is 16.1. The molecule has 186 valence electrons. The van der Waals surface area contributed by atoms with Crippen LogP contribution in [0.2, 0.25) is 0 Å². The molecule has 3 saturated carbocycles. The van der Waals surface area contributed by atoms with Crippen molar-refractivity contribution < 1.29 is 23.9 Å². The minimum Gasteiger partial charge on any atom is -0.393 e. The van der Waals surface area contributed by atoms with Crippen molar-refractivity contribution in [1.29, 1.82) is 0 Å². The lowest BCUT2D eigenvalue weighted by atomic mass is 9.34. The molecule has 0 unspecified atom stereocenters. The minimum absolute atomic E-state index is 0.0264. The van der Waals surface area contributed by atoms with E-state index in [1.807, 2.05) is 4.90 Å². The van der Waals surface area contributed by atoms with E-state index >= 15 is 0 Å². The highest BCUT2D eigenvalue weighted by Crippen LogP contribution is 2.74. The summed E-state index contributed by atoms with van der Waals surface area (Å²) in [6.07, 6.45) is 8.25. The number of ether oxygens (including phenoxy) is 2. The molecule has 0 aromatic carbocycles. The van der Waals surface area contributed by atoms with Gasteiger partial charge in [-0.3, -0.25) is 14.4 Å². The zero-order valence-electron chi connectivity index (χ0n) is 21.1. The second-order valence-corrected chi connectivity index (χ2v) is 12.8. The fraction of sp³-hybridized carbons (Fsp3) is 0.821. The third-order valence-electron chi connectivity index (χ3n) is 11.2. The molecule has 34 heavy (non-hydrogen) atoms. The van der Waals surface area contributed by atoms with Crippen LogP contribution in [0.5, 0.6) is 0 Å². The first-order valence-corrected chi connectivity index (χ1v) is 13.5. The number of esters is 2. The molecule has 8 atom stereocenters. The topological polar surface area (TPSA) is 72.9 Å². The van der Waals surface area contributed by atoms with Gasteiger partial charge in [0.25, 0.3) is 0 Å². The SMILES string of the molecule is CC(C)C1=C[C@@]23CC[C@@H]4[C@](C)(CCC[C@]4(C)C(=O)N4CCOCC4)[C@H]2C[C@@H]1[C@H]1C(=O)OC(=O)[C@H]13. The zero-order chi connectivity index (χ0) is 24.0. The van der Waals surface area contributed by atoms with Gasteiger partial charge in [-0.2, -0.15) is 0 Å². The van der Waals surface area contributed by atoms with Gasteiger partial charge in [0.05, 0.1) is 25.0 Å². The molecular weight excluding hydrogens is 430 g/mol. The average Bonchev–Trinajstić information content (AvgIpc) is 3.14. The van der Waals surface area contributed by atoms with Crippen molar-refractivity contribution in [2.75, 3.05) is 26.3 Å². The van der Waals surface area contributed by atoms with E-state index in [2.05, 4.69) is 33.8 Å². The molecule has 0 radical (unpaired) electrons. The summed E-state index contributed by atoms with van der Waals surface area (Å²) in [6, 6.07) is 0. The Hall–Kier alpha value is -1.69. The first-order valence-electron chi connectivity index (χ1n) is 13.5. The van der Waals surface area contributed by atoms with Gasteiger partial charge in [0.2, 0.25) is 5.91 Å². The largest absolute Gasteiger partial charge is 0.393 e. The number of carbonyl (C=O) groups excluding carboxylic acids is 3. The highest BCUT2D eigenvalue weighted by atomic mass is 16.6. The van der Waals surface area contributed by atoms with Gasteiger partial charge < -0.3 is 14.4 Å². The molecule has 2 heterocycles. The van der Waals surface area contributed by atoms with E-state index in [9.17, 15) is 14.4 Å². The van der Waals surface area contributed by atoms with Gasteiger partial charge in [-0.1, -0.05) is 45.8 Å². The normalized spacial score (nSPS) is 47.6. The molecule has 2 saturated heterocycles. The van der Waals surface area contributed by atoms with E-state index in [1.165, 1.54) is 5.57 Å². The van der Waals surface area contributed by atoms with Crippen molar-refractivity contribution in [2.24, 2.45) is 51.8 Å². The molecule has 2 bridgehead atoms. The van der Waals surface area contributed by atoms with Crippen molar-refractivity contribution in [3.8, 4) is 0 Å². The number of morpholine rings is 1. The van der Waals surface area contributed by atoms with Crippen molar-refractivity contribution in [3.05, 3.63) is 11.6 Å². The zero-order valence-corrected chi connectivity index (χ0v) is 21.1. The standard InChI is InChI=1S/C28H39NO5/c1-16(2)18-15-28-9-6-19-26(3,20(28)14-17(18)21-22(28)24(31)34-23(21)30)7-5-8-27(19,4)25(32)29-10-12-33-13-11-29/h15-17,19-22H,5-14H2,1-4H3/t17-,19+,20+,21+,22-,26-,27-,28-/m0/s1. The molecular formula is C28H39NO5. The highest BCUT2D eigenvalue weighted by Gasteiger charge is 2.73. The number of rotatable bonds is 2. The van der Waals surface area contributed by atoms with Crippen molar-refractivity contribution in [1.82, 2.24) is 4.90 Å². The molecule has 1 amide bonds. The molecule has 1 spiro atoms. The molecule has 2 aliphatic heterocycles. The van der Waals surface area contributed by atoms with Crippen molar-refractivity contribution in [2.45, 2.75) is 66.2 Å². The van der Waals surface area contributed by atoms with Crippen LogP contribution in [0.15, 0.2) is 11.6 Å². The predicted octanol–water partition coefficient (Wildman–Crippen LogP) is 3.99. The summed E-state index contributed by atoms with van der Waals surface area (Å²) < 4.78 is 10.8. The van der Waals surface area contributed by atoms with Crippen molar-refractivity contribution >= 4 is 17.8 Å². The van der Waals surface area contributed by atoms with Crippen LogP contribution < -0.4 is 0 Å². The van der Waals surface area contributed by atoms with Gasteiger partial charge in [-0.15, -0.1) is 0 Å². The van der Waals surface area contributed by atoms with Gasteiger partial charge >= 0.3 is 11.9 Å². The Bertz CT molecular complexity index is 966. The van der Waals surface area contributed by atoms with Crippen LogP contribution in [-0.2, 0) is 23.9 Å². The van der Waals surface area contributed by atoms with Gasteiger partial charge in [-0.25, -0.2) is 0 Å². The molecule has 5 fully saturated rings. The summed E-state index contributed by atoms with van der Waals surface area (Å²) in [5.41, 5.74) is 0.641. The molecule has 5 aliphatic carbocycles. The quantitative estimate of drug-likeness (QED) is 0.347. The molecule has 0 aromatic rings. The number of cyclic esters (lactones) is 2. The van der Waals surface area contributed by atoms with E-state index in [0.29, 0.717) is 50.0 Å². The smallest absolute Gasteiger partial charge is 0.318 e. The summed E-state index contributed by atoms with van der Waals surface area (Å²) in [6.45, 7) is 11.7. The Morgan fingerprint density at radius 1 is 1.06 bits per heavy atom. The third-order valence-corrected chi connectivity index (χ3v) is 11.2. The fourth-order valence-electron chi connectivity index (χ4n) is 9.89. The third kappa shape index (κ3) is 2.75. The van der Waals surface area contributed by atoms with Crippen LogP contribution >= 0.6 is 0 Å². The van der Waals surface area contributed by atoms with Crippen LogP contribution in [0, 0.1) is 51.8 Å². The number of hydrogen-bond donors (Lipinski definition) is 0. The molecule has 0 N–H and O–H groups in total. The Balaban J connectivity index is 1.41. The Labute approximate surface area is 202 Å². The summed E-state index contributed by atoms with van der Waals surface area (Å²) in [5.74, 6) is 0.108. The molecule has 7 rings (SSSR count). The Kier molecular flexibility index (Phi) is 4.96. The van der Waals surface area contributed by atoms with Gasteiger partial charge in [0, 0.05) is 23.9 Å². The monoisotopic (exact) mass is 469 g/mol.